The minimum absolute atomic E-state index is 0.190. The summed E-state index contributed by atoms with van der Waals surface area (Å²) in [6.07, 6.45) is 7.37. The monoisotopic (exact) mass is 802 g/mol. The van der Waals surface area contributed by atoms with Crippen LogP contribution in [0, 0.1) is 13.8 Å². The van der Waals surface area contributed by atoms with Crippen LogP contribution >= 0.6 is 0 Å². The third-order valence-electron chi connectivity index (χ3n) is 10.5. The number of hydrogen-bond donors (Lipinski definition) is 4. The van der Waals surface area contributed by atoms with Crippen molar-refractivity contribution in [3.8, 4) is 44.5 Å². The summed E-state index contributed by atoms with van der Waals surface area (Å²) in [5.74, 6) is 0. The van der Waals surface area contributed by atoms with Gasteiger partial charge in [0.15, 0.2) is 0 Å². The molecule has 2 aliphatic rings. The quantitative estimate of drug-likeness (QED) is 0.121. The summed E-state index contributed by atoms with van der Waals surface area (Å²) in [4.78, 5) is 16.8. The molecule has 9 rings (SSSR count). The highest BCUT2D eigenvalue weighted by molar-refractivity contribution is 7.86. The number of rotatable bonds is 6. The Hall–Kier alpha value is -6.70. The molecule has 5 heterocycles. The van der Waals surface area contributed by atoms with E-state index in [1.54, 1.807) is 48.6 Å². The zero-order chi connectivity index (χ0) is 40.3. The Bertz CT molecular complexity index is 3110. The first-order valence-corrected chi connectivity index (χ1v) is 21.2. The molecule has 0 radical (unpaired) electrons. The SMILES string of the molecule is Cc1ccccc1-c1c2nc(c(-c3ccccc3S(=O)(=O)O)c3ccc([nH]3)c(-c3ccccc3S(=O)(=O)O)c3nc(c(-c4ccccc4C)c4ccc1[nH]4)C=C3)C=C2. The molecule has 4 N–H and O–H groups in total. The van der Waals surface area contributed by atoms with Gasteiger partial charge in [-0.15, -0.1) is 0 Å². The number of nitrogens with one attached hydrogen (secondary N) is 2. The minimum Gasteiger partial charge on any atom is -0.354 e. The van der Waals surface area contributed by atoms with Gasteiger partial charge in [-0.3, -0.25) is 9.11 Å². The summed E-state index contributed by atoms with van der Waals surface area (Å²) in [7, 11) is -9.43. The first kappa shape index (κ1) is 36.9. The molecule has 0 saturated heterocycles. The van der Waals surface area contributed by atoms with Crippen LogP contribution in [0.4, 0.5) is 0 Å². The van der Waals surface area contributed by atoms with Crippen LogP contribution in [0.25, 0.3) is 90.9 Å². The molecule has 3 aromatic heterocycles. The maximum absolute atomic E-state index is 12.9. The van der Waals surface area contributed by atoms with Crippen LogP contribution in [0.1, 0.15) is 33.9 Å². The van der Waals surface area contributed by atoms with Crippen molar-refractivity contribution in [2.75, 3.05) is 0 Å². The Morgan fingerprint density at radius 1 is 0.397 bits per heavy atom. The van der Waals surface area contributed by atoms with E-state index in [0.29, 0.717) is 44.9 Å². The third kappa shape index (κ3) is 6.47. The molecule has 4 aromatic carbocycles. The smallest absolute Gasteiger partial charge is 0.295 e. The van der Waals surface area contributed by atoms with E-state index in [4.69, 9.17) is 9.97 Å². The van der Waals surface area contributed by atoms with Crippen molar-refractivity contribution < 1.29 is 25.9 Å². The minimum atomic E-state index is -4.71. The second-order valence-electron chi connectivity index (χ2n) is 14.1. The molecule has 58 heavy (non-hydrogen) atoms. The lowest BCUT2D eigenvalue weighted by Crippen LogP contribution is -2.02. The molecule has 0 saturated carbocycles. The summed E-state index contributed by atoms with van der Waals surface area (Å²) in [5.41, 5.74) is 11.1. The maximum atomic E-state index is 12.9. The number of fused-ring (bicyclic) bond motifs is 8. The Kier molecular flexibility index (Phi) is 8.94. The van der Waals surface area contributed by atoms with Gasteiger partial charge < -0.3 is 9.97 Å². The van der Waals surface area contributed by atoms with Gasteiger partial charge in [0.25, 0.3) is 20.2 Å². The van der Waals surface area contributed by atoms with Crippen LogP contribution in [0.2, 0.25) is 0 Å². The molecule has 0 aliphatic carbocycles. The van der Waals surface area contributed by atoms with E-state index in [1.165, 1.54) is 24.3 Å². The summed E-state index contributed by atoms with van der Waals surface area (Å²) in [6.45, 7) is 4.06. The summed E-state index contributed by atoms with van der Waals surface area (Å²) >= 11 is 0. The highest BCUT2D eigenvalue weighted by Gasteiger charge is 2.25. The fourth-order valence-electron chi connectivity index (χ4n) is 7.84. The van der Waals surface area contributed by atoms with Gasteiger partial charge in [0.2, 0.25) is 0 Å². The molecule has 10 nitrogen and oxygen atoms in total. The Labute approximate surface area is 334 Å². The predicted molar refractivity (Wildman–Crippen MR) is 230 cm³/mol. The van der Waals surface area contributed by atoms with E-state index in [1.807, 2.05) is 86.7 Å². The van der Waals surface area contributed by atoms with E-state index in [9.17, 15) is 25.9 Å². The second kappa shape index (κ2) is 14.0. The standard InChI is InChI=1S/C46H34N4O6S2/c1-27-11-3-5-13-29(27)43-33-19-20-34(47-33)44(30-14-6-4-12-28(30)2)36-22-24-38(49-36)46(32-16-8-10-18-42(32)58(54,55)56)40-26-25-39(50-40)45(37-23-21-35(43)48-37)31-15-7-9-17-41(31)57(51,52)53/h3-26,47,50H,1-2H3,(H,51,52,53)(H,54,55,56). The fraction of sp³-hybridized carbons (Fsp3) is 0.0435. The Morgan fingerprint density at radius 2 is 0.672 bits per heavy atom. The van der Waals surface area contributed by atoms with E-state index < -0.39 is 20.2 Å². The lowest BCUT2D eigenvalue weighted by Gasteiger charge is -2.10. The molecule has 0 unspecified atom stereocenters. The number of benzene rings is 4. The molecule has 0 amide bonds. The molecule has 2 aliphatic heterocycles. The molecule has 0 spiro atoms. The summed E-state index contributed by atoms with van der Waals surface area (Å²) < 4.78 is 72.5. The zero-order valence-corrected chi connectivity index (χ0v) is 32.7. The number of aryl methyl sites for hydroxylation is 2. The lowest BCUT2D eigenvalue weighted by molar-refractivity contribution is 0.481. The van der Waals surface area contributed by atoms with Crippen molar-refractivity contribution in [2.45, 2.75) is 23.6 Å². The van der Waals surface area contributed by atoms with Crippen molar-refractivity contribution in [1.29, 1.82) is 0 Å². The first-order valence-electron chi connectivity index (χ1n) is 18.3. The van der Waals surface area contributed by atoms with Crippen LogP contribution in [0.5, 0.6) is 0 Å². The van der Waals surface area contributed by atoms with Crippen molar-refractivity contribution in [3.05, 3.63) is 155 Å². The first-order chi connectivity index (χ1) is 27.9. The zero-order valence-electron chi connectivity index (χ0n) is 31.1. The fourth-order valence-corrected chi connectivity index (χ4v) is 9.24. The van der Waals surface area contributed by atoms with E-state index in [2.05, 4.69) is 9.97 Å². The molecule has 0 atom stereocenters. The average molecular weight is 803 g/mol. The van der Waals surface area contributed by atoms with Gasteiger partial charge in [0.1, 0.15) is 9.79 Å². The van der Waals surface area contributed by atoms with E-state index in [-0.39, 0.29) is 20.9 Å². The van der Waals surface area contributed by atoms with Crippen molar-refractivity contribution in [3.63, 3.8) is 0 Å². The van der Waals surface area contributed by atoms with Gasteiger partial charge in [-0.2, -0.15) is 16.8 Å². The van der Waals surface area contributed by atoms with Gasteiger partial charge in [-0.05, 0) is 96.8 Å². The average Bonchev–Trinajstić information content (AvgIpc) is 4.04. The molecule has 8 bridgehead atoms. The van der Waals surface area contributed by atoms with Gasteiger partial charge in [-0.1, -0.05) is 84.9 Å². The van der Waals surface area contributed by atoms with Crippen molar-refractivity contribution >= 4 is 66.6 Å². The van der Waals surface area contributed by atoms with E-state index >= 15 is 0 Å². The number of H-pyrrole nitrogens is 2. The maximum Gasteiger partial charge on any atom is 0.295 e. The van der Waals surface area contributed by atoms with Crippen LogP contribution < -0.4 is 0 Å². The van der Waals surface area contributed by atoms with Crippen LogP contribution in [0.15, 0.2) is 131 Å². The molecular formula is C46H34N4O6S2. The van der Waals surface area contributed by atoms with Gasteiger partial charge >= 0.3 is 0 Å². The second-order valence-corrected chi connectivity index (χ2v) is 16.9. The van der Waals surface area contributed by atoms with Gasteiger partial charge in [0, 0.05) is 55.4 Å². The lowest BCUT2D eigenvalue weighted by atomic mass is 9.99. The Balaban J connectivity index is 1.54. The number of aromatic nitrogens is 4. The topological polar surface area (TPSA) is 166 Å². The van der Waals surface area contributed by atoms with Gasteiger partial charge in [0.05, 0.1) is 22.8 Å². The molecule has 12 heteroatoms. The predicted octanol–water partition coefficient (Wildman–Crippen LogP) is 10.4. The molecule has 0 fully saturated rings. The van der Waals surface area contributed by atoms with Crippen molar-refractivity contribution in [1.82, 2.24) is 19.9 Å². The highest BCUT2D eigenvalue weighted by Crippen LogP contribution is 2.41. The largest absolute Gasteiger partial charge is 0.354 e. The summed E-state index contributed by atoms with van der Waals surface area (Å²) in [6, 6.07) is 35.8. The van der Waals surface area contributed by atoms with Crippen LogP contribution in [-0.2, 0) is 20.2 Å². The Morgan fingerprint density at radius 3 is 0.983 bits per heavy atom. The molecule has 7 aromatic rings. The van der Waals surface area contributed by atoms with Gasteiger partial charge in [-0.25, -0.2) is 9.97 Å². The number of aromatic amines is 2. The van der Waals surface area contributed by atoms with Crippen molar-refractivity contribution in [2.24, 2.45) is 0 Å². The summed E-state index contributed by atoms with van der Waals surface area (Å²) in [5, 5.41) is 0. The molecule has 286 valence electrons. The highest BCUT2D eigenvalue weighted by atomic mass is 32.2. The van der Waals surface area contributed by atoms with Crippen LogP contribution in [0.3, 0.4) is 0 Å². The normalized spacial score (nSPS) is 12.6. The third-order valence-corrected chi connectivity index (χ3v) is 12.3. The van der Waals surface area contributed by atoms with E-state index in [0.717, 1.165) is 44.4 Å². The van der Waals surface area contributed by atoms with Crippen LogP contribution in [-0.4, -0.2) is 45.9 Å². The number of nitrogens with zero attached hydrogens (tertiary/aromatic N) is 2. The number of hydrogen-bond acceptors (Lipinski definition) is 6. The molecular weight excluding hydrogens is 769 g/mol.